The van der Waals surface area contributed by atoms with Crippen LogP contribution in [0, 0.1) is 6.92 Å². The van der Waals surface area contributed by atoms with Gasteiger partial charge in [0.05, 0.1) is 19.8 Å². The third-order valence-corrected chi connectivity index (χ3v) is 2.34. The van der Waals surface area contributed by atoms with E-state index in [1.54, 1.807) is 7.11 Å². The van der Waals surface area contributed by atoms with Gasteiger partial charge < -0.3 is 14.6 Å². The molecular formula is C13H20O3. The van der Waals surface area contributed by atoms with Gasteiger partial charge in [0.25, 0.3) is 0 Å². The second-order valence-corrected chi connectivity index (χ2v) is 4.14. The highest BCUT2D eigenvalue weighted by Crippen LogP contribution is 2.26. The van der Waals surface area contributed by atoms with Crippen LogP contribution >= 0.6 is 0 Å². The van der Waals surface area contributed by atoms with Crippen LogP contribution in [0.25, 0.3) is 0 Å². The molecule has 0 aromatic heterocycles. The molecule has 1 aromatic rings. The van der Waals surface area contributed by atoms with Gasteiger partial charge >= 0.3 is 0 Å². The van der Waals surface area contributed by atoms with Crippen molar-refractivity contribution in [2.75, 3.05) is 13.7 Å². The summed E-state index contributed by atoms with van der Waals surface area (Å²) in [6.07, 6.45) is -0.524. The van der Waals surface area contributed by atoms with Crippen LogP contribution in [0.15, 0.2) is 18.2 Å². The number of hydrogen-bond acceptors (Lipinski definition) is 3. The summed E-state index contributed by atoms with van der Waals surface area (Å²) in [5.41, 5.74) is 1.88. The Morgan fingerprint density at radius 1 is 1.31 bits per heavy atom. The van der Waals surface area contributed by atoms with E-state index in [2.05, 4.69) is 0 Å². The largest absolute Gasteiger partial charge is 0.496 e. The maximum absolute atomic E-state index is 9.97. The molecule has 0 heterocycles. The fourth-order valence-corrected chi connectivity index (χ4v) is 1.47. The van der Waals surface area contributed by atoms with Crippen molar-refractivity contribution in [1.29, 1.82) is 0 Å². The average Bonchev–Trinajstić information content (AvgIpc) is 2.25. The van der Waals surface area contributed by atoms with Crippen LogP contribution in [-0.2, 0) is 4.74 Å². The van der Waals surface area contributed by atoms with Crippen molar-refractivity contribution in [3.05, 3.63) is 29.3 Å². The molecule has 0 amide bonds. The molecule has 3 heteroatoms. The topological polar surface area (TPSA) is 38.7 Å². The minimum absolute atomic E-state index is 0.117. The predicted molar refractivity (Wildman–Crippen MR) is 63.8 cm³/mol. The van der Waals surface area contributed by atoms with Crippen molar-refractivity contribution >= 4 is 0 Å². The van der Waals surface area contributed by atoms with Gasteiger partial charge in [0.2, 0.25) is 0 Å². The van der Waals surface area contributed by atoms with Crippen molar-refractivity contribution < 1.29 is 14.6 Å². The van der Waals surface area contributed by atoms with Gasteiger partial charge in [0.15, 0.2) is 0 Å². The maximum atomic E-state index is 9.97. The molecule has 3 nitrogen and oxygen atoms in total. The molecule has 0 aliphatic rings. The summed E-state index contributed by atoms with van der Waals surface area (Å²) in [6.45, 7) is 6.17. The monoisotopic (exact) mass is 224 g/mol. The van der Waals surface area contributed by atoms with Crippen molar-refractivity contribution in [3.63, 3.8) is 0 Å². The normalized spacial score (nSPS) is 12.9. The van der Waals surface area contributed by atoms with Crippen molar-refractivity contribution in [2.24, 2.45) is 0 Å². The minimum atomic E-state index is -0.641. The van der Waals surface area contributed by atoms with E-state index in [9.17, 15) is 5.11 Å². The van der Waals surface area contributed by atoms with Gasteiger partial charge in [-0.1, -0.05) is 12.1 Å². The lowest BCUT2D eigenvalue weighted by molar-refractivity contribution is 0.00408. The number of ether oxygens (including phenoxy) is 2. The van der Waals surface area contributed by atoms with Gasteiger partial charge in [-0.05, 0) is 32.4 Å². The number of aliphatic hydroxyl groups is 1. The van der Waals surface area contributed by atoms with E-state index in [4.69, 9.17) is 9.47 Å². The molecule has 0 saturated heterocycles. The first-order valence-corrected chi connectivity index (χ1v) is 5.48. The summed E-state index contributed by atoms with van der Waals surface area (Å²) in [6, 6.07) is 5.74. The van der Waals surface area contributed by atoms with Gasteiger partial charge in [-0.15, -0.1) is 0 Å². The van der Waals surface area contributed by atoms with E-state index in [1.165, 1.54) is 0 Å². The molecule has 1 aromatic carbocycles. The molecule has 0 aliphatic carbocycles. The summed E-state index contributed by atoms with van der Waals surface area (Å²) < 4.78 is 10.6. The Kier molecular flexibility index (Phi) is 4.77. The highest BCUT2D eigenvalue weighted by molar-refractivity contribution is 5.38. The SMILES string of the molecule is COc1cc(C)ccc1C(O)COC(C)C. The number of hydrogen-bond donors (Lipinski definition) is 1. The molecule has 16 heavy (non-hydrogen) atoms. The van der Waals surface area contributed by atoms with E-state index >= 15 is 0 Å². The Bertz CT molecular complexity index is 334. The van der Waals surface area contributed by atoms with E-state index in [0.717, 1.165) is 11.1 Å². The smallest absolute Gasteiger partial charge is 0.125 e. The van der Waals surface area contributed by atoms with Crippen LogP contribution in [0.3, 0.4) is 0 Å². The van der Waals surface area contributed by atoms with Crippen molar-refractivity contribution in [2.45, 2.75) is 33.0 Å². The van der Waals surface area contributed by atoms with Crippen LogP contribution in [0.5, 0.6) is 5.75 Å². The third-order valence-electron chi connectivity index (χ3n) is 2.34. The Balaban J connectivity index is 2.77. The summed E-state index contributed by atoms with van der Waals surface area (Å²) in [4.78, 5) is 0. The van der Waals surface area contributed by atoms with Gasteiger partial charge in [0.1, 0.15) is 11.9 Å². The lowest BCUT2D eigenvalue weighted by Gasteiger charge is -2.16. The fourth-order valence-electron chi connectivity index (χ4n) is 1.47. The van der Waals surface area contributed by atoms with Crippen LogP contribution in [0.1, 0.15) is 31.1 Å². The number of rotatable bonds is 5. The first-order valence-electron chi connectivity index (χ1n) is 5.48. The summed E-state index contributed by atoms with van der Waals surface area (Å²) in [7, 11) is 1.61. The second-order valence-electron chi connectivity index (χ2n) is 4.14. The van der Waals surface area contributed by atoms with Crippen LogP contribution in [-0.4, -0.2) is 24.9 Å². The van der Waals surface area contributed by atoms with Gasteiger partial charge in [-0.3, -0.25) is 0 Å². The quantitative estimate of drug-likeness (QED) is 0.835. The maximum Gasteiger partial charge on any atom is 0.125 e. The molecule has 1 unspecified atom stereocenters. The van der Waals surface area contributed by atoms with E-state index in [0.29, 0.717) is 5.75 Å². The molecule has 0 aliphatic heterocycles. The fraction of sp³-hybridized carbons (Fsp3) is 0.538. The number of aliphatic hydroxyl groups excluding tert-OH is 1. The van der Waals surface area contributed by atoms with Gasteiger partial charge in [0, 0.05) is 5.56 Å². The predicted octanol–water partition coefficient (Wildman–Crippen LogP) is 2.46. The Labute approximate surface area is 97.0 Å². The lowest BCUT2D eigenvalue weighted by atomic mass is 10.1. The molecule has 0 saturated carbocycles. The minimum Gasteiger partial charge on any atom is -0.496 e. The van der Waals surface area contributed by atoms with Crippen molar-refractivity contribution in [3.8, 4) is 5.75 Å². The molecule has 0 fully saturated rings. The standard InChI is InChI=1S/C13H20O3/c1-9(2)16-8-12(14)11-6-5-10(3)7-13(11)15-4/h5-7,9,12,14H,8H2,1-4H3. The van der Waals surface area contributed by atoms with Crippen molar-refractivity contribution in [1.82, 2.24) is 0 Å². The molecule has 0 radical (unpaired) electrons. The van der Waals surface area contributed by atoms with Gasteiger partial charge in [-0.2, -0.15) is 0 Å². The molecule has 0 bridgehead atoms. The van der Waals surface area contributed by atoms with E-state index in [1.807, 2.05) is 39.0 Å². The zero-order valence-corrected chi connectivity index (χ0v) is 10.4. The lowest BCUT2D eigenvalue weighted by Crippen LogP contribution is -2.12. The third kappa shape index (κ3) is 3.51. The van der Waals surface area contributed by atoms with E-state index < -0.39 is 6.10 Å². The Morgan fingerprint density at radius 3 is 2.56 bits per heavy atom. The van der Waals surface area contributed by atoms with Crippen LogP contribution < -0.4 is 4.74 Å². The molecule has 1 N–H and O–H groups in total. The average molecular weight is 224 g/mol. The molecule has 90 valence electrons. The first-order chi connectivity index (χ1) is 7.54. The Hall–Kier alpha value is -1.06. The molecule has 1 rings (SSSR count). The highest BCUT2D eigenvalue weighted by atomic mass is 16.5. The number of aryl methyl sites for hydroxylation is 1. The van der Waals surface area contributed by atoms with Crippen LogP contribution in [0.4, 0.5) is 0 Å². The molecule has 0 spiro atoms. The van der Waals surface area contributed by atoms with Crippen LogP contribution in [0.2, 0.25) is 0 Å². The number of benzene rings is 1. The second kappa shape index (κ2) is 5.87. The zero-order valence-electron chi connectivity index (χ0n) is 10.4. The summed E-state index contributed by atoms with van der Waals surface area (Å²) in [5.74, 6) is 0.708. The van der Waals surface area contributed by atoms with E-state index in [-0.39, 0.29) is 12.7 Å². The summed E-state index contributed by atoms with van der Waals surface area (Å²) >= 11 is 0. The zero-order chi connectivity index (χ0) is 12.1. The summed E-state index contributed by atoms with van der Waals surface area (Å²) in [5, 5.41) is 9.97. The molecular weight excluding hydrogens is 204 g/mol. The Morgan fingerprint density at radius 2 is 2.00 bits per heavy atom. The first kappa shape index (κ1) is 13.0. The number of methoxy groups -OCH3 is 1. The highest BCUT2D eigenvalue weighted by Gasteiger charge is 2.13. The van der Waals surface area contributed by atoms with Gasteiger partial charge in [-0.25, -0.2) is 0 Å². The molecule has 1 atom stereocenters.